The molecule has 0 aliphatic rings. The Kier molecular flexibility index (Phi) is 4.78. The van der Waals surface area contributed by atoms with Crippen molar-refractivity contribution in [3.63, 3.8) is 0 Å². The number of nitrogens with zero attached hydrogens (tertiary/aromatic N) is 3. The predicted octanol–water partition coefficient (Wildman–Crippen LogP) is 1.03. The number of benzene rings is 1. The summed E-state index contributed by atoms with van der Waals surface area (Å²) < 4.78 is 5.03. The molecule has 4 N–H and O–H groups in total. The molecule has 0 saturated carbocycles. The maximum Gasteiger partial charge on any atom is 0.273 e. The normalized spacial score (nSPS) is 10.2. The van der Waals surface area contributed by atoms with E-state index < -0.39 is 4.92 Å². The number of hydrogen-bond acceptors (Lipinski definition) is 8. The lowest BCUT2D eigenvalue weighted by molar-refractivity contribution is -0.384. The first-order valence-corrected chi connectivity index (χ1v) is 6.91. The quantitative estimate of drug-likeness (QED) is 0.405. The highest BCUT2D eigenvalue weighted by atomic mass is 32.2. The highest BCUT2D eigenvalue weighted by Crippen LogP contribution is 2.29. The molecule has 1 aromatic carbocycles. The number of carbonyl (C=O) groups excluding carboxylic acids is 1. The van der Waals surface area contributed by atoms with Gasteiger partial charge in [0.15, 0.2) is 0 Å². The molecule has 0 spiro atoms. The average Bonchev–Trinajstić information content (AvgIpc) is 2.91. The van der Waals surface area contributed by atoms with E-state index in [-0.39, 0.29) is 29.0 Å². The smallest absolute Gasteiger partial charge is 0.273 e. The van der Waals surface area contributed by atoms with Gasteiger partial charge in [-0.1, -0.05) is 11.8 Å². The molecule has 1 amide bonds. The molecule has 116 valence electrons. The van der Waals surface area contributed by atoms with Gasteiger partial charge in [-0.05, 0) is 6.07 Å². The zero-order valence-electron chi connectivity index (χ0n) is 11.4. The van der Waals surface area contributed by atoms with E-state index in [2.05, 4.69) is 20.5 Å². The molecule has 0 aliphatic heterocycles. The largest absolute Gasteiger partial charge is 0.494 e. The van der Waals surface area contributed by atoms with E-state index in [1.165, 1.54) is 25.3 Å². The first-order valence-electron chi connectivity index (χ1n) is 5.92. The molecular weight excluding hydrogens is 312 g/mol. The fourth-order valence-corrected chi connectivity index (χ4v) is 2.14. The van der Waals surface area contributed by atoms with Gasteiger partial charge in [0.1, 0.15) is 5.75 Å². The Morgan fingerprint density at radius 3 is 2.95 bits per heavy atom. The van der Waals surface area contributed by atoms with Gasteiger partial charge in [0, 0.05) is 6.07 Å². The van der Waals surface area contributed by atoms with Crippen molar-refractivity contribution in [1.82, 2.24) is 15.2 Å². The van der Waals surface area contributed by atoms with Crippen LogP contribution in [0.25, 0.3) is 0 Å². The number of anilines is 2. The minimum absolute atomic E-state index is 0.0530. The highest BCUT2D eigenvalue weighted by molar-refractivity contribution is 7.99. The number of nitrogen functional groups attached to an aromatic ring is 1. The molecule has 0 saturated heterocycles. The topological polar surface area (TPSA) is 149 Å². The number of H-pyrrole nitrogens is 1. The summed E-state index contributed by atoms with van der Waals surface area (Å²) in [5.41, 5.74) is 5.59. The van der Waals surface area contributed by atoms with Crippen LogP contribution in [0.15, 0.2) is 23.4 Å². The SMILES string of the molecule is COc1cc([N+](=O)[O-])ccc1NC(=O)CSc1n[nH]c(N)n1. The molecule has 0 aliphatic carbocycles. The number of hydrogen-bond donors (Lipinski definition) is 3. The van der Waals surface area contributed by atoms with Gasteiger partial charge in [-0.25, -0.2) is 5.10 Å². The Labute approximate surface area is 128 Å². The molecule has 10 nitrogen and oxygen atoms in total. The van der Waals surface area contributed by atoms with Crippen LogP contribution in [0.3, 0.4) is 0 Å². The third-order valence-electron chi connectivity index (χ3n) is 2.48. The number of non-ortho nitro benzene ring substituents is 1. The van der Waals surface area contributed by atoms with E-state index in [1.807, 2.05) is 0 Å². The summed E-state index contributed by atoms with van der Waals surface area (Å²) in [4.78, 5) is 25.9. The maximum absolute atomic E-state index is 11.9. The molecule has 2 aromatic rings. The summed E-state index contributed by atoms with van der Waals surface area (Å²) in [5.74, 6) is 0.0902. The van der Waals surface area contributed by atoms with Crippen LogP contribution in [0, 0.1) is 10.1 Å². The first kappa shape index (κ1) is 15.6. The second-order valence-electron chi connectivity index (χ2n) is 3.98. The molecule has 0 radical (unpaired) electrons. The summed E-state index contributed by atoms with van der Waals surface area (Å²) in [6, 6.07) is 3.92. The molecule has 22 heavy (non-hydrogen) atoms. The molecule has 11 heteroatoms. The van der Waals surface area contributed by atoms with Crippen molar-refractivity contribution in [3.8, 4) is 5.75 Å². The Morgan fingerprint density at radius 2 is 2.36 bits per heavy atom. The van der Waals surface area contributed by atoms with Gasteiger partial charge in [-0.2, -0.15) is 4.98 Å². The van der Waals surface area contributed by atoms with Crippen molar-refractivity contribution in [2.75, 3.05) is 23.9 Å². The van der Waals surface area contributed by atoms with Gasteiger partial charge in [-0.3, -0.25) is 14.9 Å². The van der Waals surface area contributed by atoms with Gasteiger partial charge in [-0.15, -0.1) is 5.10 Å². The fraction of sp³-hybridized carbons (Fsp3) is 0.182. The molecule has 2 rings (SSSR count). The molecule has 1 heterocycles. The van der Waals surface area contributed by atoms with Gasteiger partial charge >= 0.3 is 0 Å². The number of carbonyl (C=O) groups is 1. The number of methoxy groups -OCH3 is 1. The van der Waals surface area contributed by atoms with E-state index in [9.17, 15) is 14.9 Å². The Morgan fingerprint density at radius 1 is 1.59 bits per heavy atom. The molecule has 0 bridgehead atoms. The summed E-state index contributed by atoms with van der Waals surface area (Å²) >= 11 is 1.10. The highest BCUT2D eigenvalue weighted by Gasteiger charge is 2.14. The van der Waals surface area contributed by atoms with Gasteiger partial charge < -0.3 is 15.8 Å². The van der Waals surface area contributed by atoms with Crippen LogP contribution < -0.4 is 15.8 Å². The van der Waals surface area contributed by atoms with E-state index in [0.29, 0.717) is 10.8 Å². The first-order chi connectivity index (χ1) is 10.5. The van der Waals surface area contributed by atoms with Crippen LogP contribution in [0.5, 0.6) is 5.75 Å². The standard InChI is InChI=1S/C11H12N6O4S/c1-21-8-4-6(17(19)20)2-3-7(8)13-9(18)5-22-11-14-10(12)15-16-11/h2-4H,5H2,1H3,(H,13,18)(H3,12,14,15,16). The monoisotopic (exact) mass is 324 g/mol. The Hall–Kier alpha value is -2.82. The fourth-order valence-electron chi connectivity index (χ4n) is 1.54. The zero-order valence-corrected chi connectivity index (χ0v) is 12.2. The zero-order chi connectivity index (χ0) is 16.1. The molecule has 0 unspecified atom stereocenters. The van der Waals surface area contributed by atoms with Crippen LogP contribution in [0.4, 0.5) is 17.3 Å². The third kappa shape index (κ3) is 3.85. The molecule has 0 atom stereocenters. The third-order valence-corrected chi connectivity index (χ3v) is 3.33. The van der Waals surface area contributed by atoms with Crippen LogP contribution in [0.1, 0.15) is 0 Å². The number of ether oxygens (including phenoxy) is 1. The van der Waals surface area contributed by atoms with Crippen LogP contribution >= 0.6 is 11.8 Å². The Balaban J connectivity index is 2.00. The summed E-state index contributed by atoms with van der Waals surface area (Å²) in [5, 5.41) is 19.9. The van der Waals surface area contributed by atoms with Gasteiger partial charge in [0.05, 0.1) is 29.5 Å². The van der Waals surface area contributed by atoms with Gasteiger partial charge in [0.2, 0.25) is 17.0 Å². The van der Waals surface area contributed by atoms with E-state index in [1.54, 1.807) is 0 Å². The minimum atomic E-state index is -0.544. The number of rotatable bonds is 6. The van der Waals surface area contributed by atoms with Crippen molar-refractivity contribution in [2.24, 2.45) is 0 Å². The van der Waals surface area contributed by atoms with Crippen molar-refractivity contribution in [2.45, 2.75) is 5.16 Å². The number of nitrogens with two attached hydrogens (primary N) is 1. The van der Waals surface area contributed by atoms with E-state index in [4.69, 9.17) is 10.5 Å². The number of nitro benzene ring substituents is 1. The summed E-state index contributed by atoms with van der Waals surface area (Å²) in [6.07, 6.45) is 0. The second kappa shape index (κ2) is 6.76. The number of nitro groups is 1. The van der Waals surface area contributed by atoms with E-state index in [0.717, 1.165) is 11.8 Å². The van der Waals surface area contributed by atoms with Crippen molar-refractivity contribution < 1.29 is 14.5 Å². The lowest BCUT2D eigenvalue weighted by atomic mass is 10.2. The predicted molar refractivity (Wildman–Crippen MR) is 79.8 cm³/mol. The minimum Gasteiger partial charge on any atom is -0.494 e. The lowest BCUT2D eigenvalue weighted by Crippen LogP contribution is -2.14. The molecule has 1 aromatic heterocycles. The number of thioether (sulfide) groups is 1. The van der Waals surface area contributed by atoms with Crippen molar-refractivity contribution in [1.29, 1.82) is 0 Å². The Bertz CT molecular complexity index is 704. The molecule has 0 fully saturated rings. The second-order valence-corrected chi connectivity index (χ2v) is 4.92. The van der Waals surface area contributed by atoms with Gasteiger partial charge in [0.25, 0.3) is 5.69 Å². The maximum atomic E-state index is 11.9. The number of nitrogens with one attached hydrogen (secondary N) is 2. The van der Waals surface area contributed by atoms with Crippen molar-refractivity contribution in [3.05, 3.63) is 28.3 Å². The van der Waals surface area contributed by atoms with Crippen LogP contribution in [-0.2, 0) is 4.79 Å². The summed E-state index contributed by atoms with van der Waals surface area (Å²) in [6.45, 7) is 0. The number of aromatic amines is 1. The lowest BCUT2D eigenvalue weighted by Gasteiger charge is -2.09. The van der Waals surface area contributed by atoms with Crippen LogP contribution in [0.2, 0.25) is 0 Å². The van der Waals surface area contributed by atoms with Crippen molar-refractivity contribution >= 4 is 35.0 Å². The average molecular weight is 324 g/mol. The summed E-state index contributed by atoms with van der Waals surface area (Å²) in [7, 11) is 1.36. The molecular formula is C11H12N6O4S. The van der Waals surface area contributed by atoms with E-state index >= 15 is 0 Å². The number of amides is 1. The van der Waals surface area contributed by atoms with Crippen LogP contribution in [-0.4, -0.2) is 38.9 Å². The number of aromatic nitrogens is 3.